The molecule has 0 saturated heterocycles. The van der Waals surface area contributed by atoms with Crippen molar-refractivity contribution in [2.75, 3.05) is 0 Å². The molecule has 0 aliphatic rings. The molecule has 87 heavy (non-hydrogen) atoms. The number of nitrogens with zero attached hydrogens (tertiary/aromatic N) is 13. The number of aromatic nitrogens is 13. The molecule has 0 aliphatic carbocycles. The van der Waals surface area contributed by atoms with Crippen molar-refractivity contribution >= 4 is 0 Å². The molecular formula is C71H121N13O3. The van der Waals surface area contributed by atoms with E-state index in [1.165, 1.54) is 23.4 Å². The first-order valence-corrected chi connectivity index (χ1v) is 30.9. The molecule has 8 heterocycles. The van der Waals surface area contributed by atoms with Crippen LogP contribution in [0.1, 0.15) is 225 Å². The maximum Gasteiger partial charge on any atom is 0.227 e. The summed E-state index contributed by atoms with van der Waals surface area (Å²) in [6.45, 7) is 57.8. The lowest BCUT2D eigenvalue weighted by Crippen LogP contribution is -2.12. The van der Waals surface area contributed by atoms with E-state index in [1.807, 2.05) is 108 Å². The second kappa shape index (κ2) is 35.5. The number of pyridine rings is 1. The van der Waals surface area contributed by atoms with Gasteiger partial charge in [-0.05, 0) is 94.5 Å². The number of imidazole rings is 4. The van der Waals surface area contributed by atoms with Crippen molar-refractivity contribution in [1.82, 2.24) is 63.3 Å². The Kier molecular flexibility index (Phi) is 32.1. The summed E-state index contributed by atoms with van der Waals surface area (Å²) in [5, 5.41) is 3.71. The zero-order valence-electron chi connectivity index (χ0n) is 60.1. The third-order valence-electron chi connectivity index (χ3n) is 11.6. The molecule has 0 bridgehead atoms. The first kappa shape index (κ1) is 78.6. The maximum atomic E-state index is 5.23. The number of oxazole rings is 2. The lowest BCUT2D eigenvalue weighted by atomic mass is 9.89. The zero-order valence-corrected chi connectivity index (χ0v) is 60.1. The third kappa shape index (κ3) is 44.6. The van der Waals surface area contributed by atoms with Gasteiger partial charge < -0.3 is 31.6 Å². The van der Waals surface area contributed by atoms with Gasteiger partial charge in [0.15, 0.2) is 17.6 Å². The molecule has 16 nitrogen and oxygen atoms in total. The number of rotatable bonds is 9. The van der Waals surface area contributed by atoms with E-state index in [0.717, 1.165) is 80.7 Å². The Morgan fingerprint density at radius 3 is 1.43 bits per heavy atom. The Balaban J connectivity index is 0.000000497. The Bertz CT molecular complexity index is 2790. The monoisotopic (exact) mass is 1200 g/mol. The predicted molar refractivity (Wildman–Crippen MR) is 359 cm³/mol. The van der Waals surface area contributed by atoms with E-state index in [2.05, 4.69) is 237 Å². The third-order valence-corrected chi connectivity index (χ3v) is 11.6. The van der Waals surface area contributed by atoms with Crippen LogP contribution in [-0.4, -0.2) is 63.3 Å². The molecule has 0 atom stereocenters. The number of aryl methyl sites for hydroxylation is 6. The second-order valence-electron chi connectivity index (χ2n) is 32.7. The molecule has 16 heteroatoms. The van der Waals surface area contributed by atoms with Crippen molar-refractivity contribution in [3.63, 3.8) is 0 Å². The highest BCUT2D eigenvalue weighted by molar-refractivity contribution is 5.10. The Labute approximate surface area is 528 Å². The highest BCUT2D eigenvalue weighted by atomic mass is 16.5. The molecule has 8 aromatic heterocycles. The standard InChI is InChI=1S/C10H15N.4C9H16N2.C9H15NO.C8H14N2O.C8H13NO/c1-10(2,3)7-9-5-4-6-11-8-9;1-9(2,3)5-8-6-11(4)7-10-8;1-9(2,3)5-8-6-10-7-11(8)4;1-9(2,3)7-8-10-5-6-11(8)4;1-9(2,3)4-6-11-7-5-10-8-11;1-7-6-11-8(10-7)5-9(2,3)4;1-6-9-7(11-10-6)5-8(2,3)4;1-8(2,3)6-7-9-4-5-10-7/h4-6,8H,7H2,1-3H3;2*6-7H,5H2,1-4H3;5-6H,7H2,1-4H3;5,7-8H,4,6H2,1-3H3;6H,5H2,1-4H3;5H2,1-4H3;4-5H,6H2,1-3H3. The quantitative estimate of drug-likeness (QED) is 0.134. The minimum absolute atomic E-state index is 0.221. The fourth-order valence-corrected chi connectivity index (χ4v) is 7.84. The molecule has 0 saturated carbocycles. The molecule has 0 unspecified atom stereocenters. The van der Waals surface area contributed by atoms with Gasteiger partial charge in [0.05, 0.1) is 36.6 Å². The van der Waals surface area contributed by atoms with Crippen LogP contribution in [0.25, 0.3) is 0 Å². The average molecular weight is 1200 g/mol. The molecule has 0 aliphatic heterocycles. The van der Waals surface area contributed by atoms with E-state index in [0.29, 0.717) is 32.9 Å². The van der Waals surface area contributed by atoms with Crippen LogP contribution in [-0.2, 0) is 72.6 Å². The van der Waals surface area contributed by atoms with Crippen LogP contribution < -0.4 is 0 Å². The smallest absolute Gasteiger partial charge is 0.227 e. The Morgan fingerprint density at radius 2 is 1.03 bits per heavy atom. The molecule has 0 radical (unpaired) electrons. The zero-order chi connectivity index (χ0) is 66.7. The minimum Gasteiger partial charge on any atom is -0.449 e. The van der Waals surface area contributed by atoms with Crippen LogP contribution in [0.4, 0.5) is 0 Å². The lowest BCUT2D eigenvalue weighted by molar-refractivity contribution is 0.312. The molecule has 0 N–H and O–H groups in total. The SMILES string of the molecule is CC(C)(C)CCn1ccnc1.CC(C)(C)Cc1cccnc1.CC(C)(C)Cc1ncco1.Cc1coc(CC(C)(C)C)n1.Cc1noc(CC(C)(C)C)n1.Cn1ccnc1CC(C)(C)C.Cn1cnc(CC(C)(C)C)c1.Cn1cncc1CC(C)(C)C. The van der Waals surface area contributed by atoms with E-state index in [9.17, 15) is 0 Å². The van der Waals surface area contributed by atoms with Gasteiger partial charge in [-0.3, -0.25) is 4.98 Å². The summed E-state index contributed by atoms with van der Waals surface area (Å²) in [5.41, 5.74) is 7.33. The van der Waals surface area contributed by atoms with Crippen LogP contribution in [0.15, 0.2) is 113 Å². The Morgan fingerprint density at radius 1 is 0.460 bits per heavy atom. The largest absolute Gasteiger partial charge is 0.449 e. The molecule has 8 aromatic rings. The van der Waals surface area contributed by atoms with Gasteiger partial charge in [-0.1, -0.05) is 177 Å². The summed E-state index contributed by atoms with van der Waals surface area (Å²) in [5.74, 6) is 4.28. The van der Waals surface area contributed by atoms with Crippen LogP contribution in [0.2, 0.25) is 0 Å². The summed E-state index contributed by atoms with van der Waals surface area (Å²) in [4.78, 5) is 33.0. The van der Waals surface area contributed by atoms with Gasteiger partial charge >= 0.3 is 0 Å². The minimum atomic E-state index is 0.221. The average Bonchev–Trinajstić information content (AvgIpc) is 4.00. The van der Waals surface area contributed by atoms with E-state index in [1.54, 1.807) is 18.7 Å². The normalized spacial score (nSPS) is 11.9. The molecule has 8 rings (SSSR count). The van der Waals surface area contributed by atoms with E-state index in [4.69, 9.17) is 13.4 Å². The first-order valence-electron chi connectivity index (χ1n) is 30.9. The summed E-state index contributed by atoms with van der Waals surface area (Å²) in [6, 6.07) is 4.11. The van der Waals surface area contributed by atoms with Crippen LogP contribution >= 0.6 is 0 Å². The summed E-state index contributed by atoms with van der Waals surface area (Å²) < 4.78 is 23.6. The molecule has 0 fully saturated rings. The van der Waals surface area contributed by atoms with Crippen molar-refractivity contribution in [2.24, 2.45) is 64.5 Å². The van der Waals surface area contributed by atoms with Gasteiger partial charge in [-0.2, -0.15) is 4.98 Å². The molecule has 0 amide bonds. The maximum absolute atomic E-state index is 5.23. The van der Waals surface area contributed by atoms with Crippen molar-refractivity contribution in [1.29, 1.82) is 0 Å². The molecule has 488 valence electrons. The number of hydrogen-bond acceptors (Lipinski definition) is 12. The van der Waals surface area contributed by atoms with Crippen LogP contribution in [0.5, 0.6) is 0 Å². The lowest BCUT2D eigenvalue weighted by Gasteiger charge is -2.17. The van der Waals surface area contributed by atoms with Gasteiger partial charge in [-0.15, -0.1) is 0 Å². The van der Waals surface area contributed by atoms with E-state index < -0.39 is 0 Å². The van der Waals surface area contributed by atoms with E-state index in [-0.39, 0.29) is 16.2 Å². The molecular weight excluding hydrogens is 1080 g/mol. The van der Waals surface area contributed by atoms with Gasteiger partial charge in [0.2, 0.25) is 5.89 Å². The topological polar surface area (TPSA) is 175 Å². The summed E-state index contributed by atoms with van der Waals surface area (Å²) >= 11 is 0. The fraction of sp³-hybridized carbons (Fsp3) is 0.648. The number of hydrogen-bond donors (Lipinski definition) is 0. The van der Waals surface area contributed by atoms with E-state index >= 15 is 0 Å². The molecule has 0 aromatic carbocycles. The van der Waals surface area contributed by atoms with Crippen molar-refractivity contribution in [2.45, 2.75) is 238 Å². The van der Waals surface area contributed by atoms with Crippen molar-refractivity contribution < 1.29 is 13.4 Å². The first-order chi connectivity index (χ1) is 39.6. The summed E-state index contributed by atoms with van der Waals surface area (Å²) in [7, 11) is 6.07. The second-order valence-corrected chi connectivity index (χ2v) is 32.7. The predicted octanol–water partition coefficient (Wildman–Crippen LogP) is 17.8. The Hall–Kier alpha value is -6.45. The van der Waals surface area contributed by atoms with Crippen molar-refractivity contribution in [3.05, 3.63) is 151 Å². The highest BCUT2D eigenvalue weighted by Gasteiger charge is 2.19. The van der Waals surface area contributed by atoms with Gasteiger partial charge in [-0.25, -0.2) is 29.9 Å². The summed E-state index contributed by atoms with van der Waals surface area (Å²) in [6.07, 6.45) is 34.1. The van der Waals surface area contributed by atoms with Crippen LogP contribution in [0.3, 0.4) is 0 Å². The van der Waals surface area contributed by atoms with Crippen LogP contribution in [0, 0.1) is 57.2 Å². The van der Waals surface area contributed by atoms with Gasteiger partial charge in [0.25, 0.3) is 0 Å². The van der Waals surface area contributed by atoms with Gasteiger partial charge in [0.1, 0.15) is 18.4 Å². The van der Waals surface area contributed by atoms with Gasteiger partial charge in [0, 0.05) is 109 Å². The highest BCUT2D eigenvalue weighted by Crippen LogP contribution is 2.24. The van der Waals surface area contributed by atoms with Crippen molar-refractivity contribution in [3.8, 4) is 0 Å². The fourth-order valence-electron chi connectivity index (χ4n) is 7.84. The molecule has 0 spiro atoms.